The molecule has 0 unspecified atom stereocenters. The summed E-state index contributed by atoms with van der Waals surface area (Å²) in [5, 5.41) is 9.02. The summed E-state index contributed by atoms with van der Waals surface area (Å²) in [7, 11) is 0. The van der Waals surface area contributed by atoms with Crippen molar-refractivity contribution < 1.29 is 31.1 Å². The van der Waals surface area contributed by atoms with E-state index in [2.05, 4.69) is 4.98 Å². The molecule has 2 aliphatic rings. The van der Waals surface area contributed by atoms with Gasteiger partial charge < -0.3 is 0 Å². The van der Waals surface area contributed by atoms with Gasteiger partial charge in [0.2, 0.25) is 0 Å². The lowest BCUT2D eigenvalue weighted by molar-refractivity contribution is -0.141. The number of aromatic nitrogens is 1. The number of pyridine rings is 1. The standard InChI is InChI=1S/C21H16F6N4O/c22-20(23,24)15-9-13(6-5-12(15)11-28)30-16-3-1-2-4-17(16)31(19(30)32)14-7-8-29-18(10-14)21(25,26)27/h5-10,16-17H,1-4H2/t16-,17-/m1/s1. The first kappa shape index (κ1) is 21.9. The molecule has 1 aliphatic carbocycles. The molecule has 2 atom stereocenters. The molecule has 11 heteroatoms. The molecule has 0 N–H and O–H groups in total. The van der Waals surface area contributed by atoms with Gasteiger partial charge in [-0.3, -0.25) is 14.8 Å². The highest BCUT2D eigenvalue weighted by molar-refractivity contribution is 6.07. The van der Waals surface area contributed by atoms with Crippen LogP contribution in [0.1, 0.15) is 42.5 Å². The SMILES string of the molecule is N#Cc1ccc(N2C(=O)N(c3ccnc(C(F)(F)F)c3)[C@@H]3CCCC[C@H]32)cc1C(F)(F)F. The lowest BCUT2D eigenvalue weighted by atomic mass is 9.89. The van der Waals surface area contributed by atoms with Gasteiger partial charge >= 0.3 is 18.4 Å². The number of benzene rings is 1. The zero-order valence-electron chi connectivity index (χ0n) is 16.4. The van der Waals surface area contributed by atoms with E-state index in [0.717, 1.165) is 37.2 Å². The minimum atomic E-state index is -4.80. The van der Waals surface area contributed by atoms with Crippen LogP contribution in [0.2, 0.25) is 0 Å². The van der Waals surface area contributed by atoms with Crippen LogP contribution in [0.3, 0.4) is 0 Å². The van der Waals surface area contributed by atoms with Crippen molar-refractivity contribution in [2.24, 2.45) is 0 Å². The zero-order valence-corrected chi connectivity index (χ0v) is 16.4. The number of carbonyl (C=O) groups excluding carboxylic acids is 1. The number of hydrogen-bond acceptors (Lipinski definition) is 3. The predicted molar refractivity (Wildman–Crippen MR) is 102 cm³/mol. The Bertz CT molecular complexity index is 1090. The van der Waals surface area contributed by atoms with Crippen molar-refractivity contribution in [2.45, 2.75) is 50.1 Å². The highest BCUT2D eigenvalue weighted by Crippen LogP contribution is 2.42. The molecular formula is C21H16F6N4O. The summed E-state index contributed by atoms with van der Waals surface area (Å²) in [6.07, 6.45) is -6.11. The van der Waals surface area contributed by atoms with E-state index in [4.69, 9.17) is 5.26 Å². The molecule has 1 aromatic heterocycles. The molecule has 0 bridgehead atoms. The third kappa shape index (κ3) is 3.74. The Hall–Kier alpha value is -3.29. The molecule has 2 amide bonds. The molecule has 1 saturated heterocycles. The fourth-order valence-corrected chi connectivity index (χ4v) is 4.44. The van der Waals surface area contributed by atoms with Gasteiger partial charge in [0.15, 0.2) is 0 Å². The third-order valence-electron chi connectivity index (χ3n) is 5.79. The van der Waals surface area contributed by atoms with Gasteiger partial charge in [-0.05, 0) is 43.2 Å². The Kier molecular flexibility index (Phi) is 5.27. The number of urea groups is 1. The molecule has 1 saturated carbocycles. The van der Waals surface area contributed by atoms with Crippen LogP contribution in [0.4, 0.5) is 42.5 Å². The average Bonchev–Trinajstić information content (AvgIpc) is 3.04. The van der Waals surface area contributed by atoms with Crippen LogP contribution >= 0.6 is 0 Å². The van der Waals surface area contributed by atoms with Gasteiger partial charge in [0.1, 0.15) is 5.69 Å². The monoisotopic (exact) mass is 454 g/mol. The molecule has 2 heterocycles. The van der Waals surface area contributed by atoms with Crippen LogP contribution in [0.25, 0.3) is 0 Å². The van der Waals surface area contributed by atoms with Gasteiger partial charge in [0, 0.05) is 17.6 Å². The average molecular weight is 454 g/mol. The van der Waals surface area contributed by atoms with E-state index in [1.54, 1.807) is 0 Å². The van der Waals surface area contributed by atoms with E-state index in [1.807, 2.05) is 0 Å². The molecule has 5 nitrogen and oxygen atoms in total. The maximum Gasteiger partial charge on any atom is 0.433 e. The summed E-state index contributed by atoms with van der Waals surface area (Å²) in [5.41, 5.74) is -2.97. The number of halogens is 6. The first-order valence-electron chi connectivity index (χ1n) is 9.79. The van der Waals surface area contributed by atoms with E-state index in [1.165, 1.54) is 28.0 Å². The first-order chi connectivity index (χ1) is 15.0. The third-order valence-corrected chi connectivity index (χ3v) is 5.79. The van der Waals surface area contributed by atoms with Crippen LogP contribution in [0, 0.1) is 11.3 Å². The van der Waals surface area contributed by atoms with E-state index >= 15 is 0 Å². The highest BCUT2D eigenvalue weighted by atomic mass is 19.4. The van der Waals surface area contributed by atoms with Crippen LogP contribution in [0.5, 0.6) is 0 Å². The topological polar surface area (TPSA) is 60.2 Å². The van der Waals surface area contributed by atoms with Crippen molar-refractivity contribution >= 4 is 17.4 Å². The first-order valence-corrected chi connectivity index (χ1v) is 9.79. The second-order valence-corrected chi connectivity index (χ2v) is 7.68. The zero-order chi connectivity index (χ0) is 23.3. The number of nitriles is 1. The molecule has 0 radical (unpaired) electrons. The summed E-state index contributed by atoms with van der Waals surface area (Å²) < 4.78 is 79.8. The van der Waals surface area contributed by atoms with Gasteiger partial charge in [-0.25, -0.2) is 4.79 Å². The molecule has 2 fully saturated rings. The fraction of sp³-hybridized carbons (Fsp3) is 0.381. The summed E-state index contributed by atoms with van der Waals surface area (Å²) in [4.78, 5) is 19.1. The Morgan fingerprint density at radius 1 is 0.906 bits per heavy atom. The fourth-order valence-electron chi connectivity index (χ4n) is 4.44. The number of fused-ring (bicyclic) bond motifs is 1. The smallest absolute Gasteiger partial charge is 0.289 e. The van der Waals surface area contributed by atoms with Crippen molar-refractivity contribution in [1.29, 1.82) is 5.26 Å². The molecule has 0 spiro atoms. The Balaban J connectivity index is 1.79. The lowest BCUT2D eigenvalue weighted by Crippen LogP contribution is -2.40. The molecule has 32 heavy (non-hydrogen) atoms. The van der Waals surface area contributed by atoms with Crippen LogP contribution in [0.15, 0.2) is 36.5 Å². The number of amides is 2. The van der Waals surface area contributed by atoms with Crippen LogP contribution in [-0.2, 0) is 12.4 Å². The van der Waals surface area contributed by atoms with Crippen molar-refractivity contribution in [2.75, 3.05) is 9.80 Å². The summed E-state index contributed by atoms with van der Waals surface area (Å²) in [6.45, 7) is 0. The number of rotatable bonds is 2. The minimum Gasteiger partial charge on any atom is -0.289 e. The van der Waals surface area contributed by atoms with Gasteiger partial charge in [-0.15, -0.1) is 0 Å². The van der Waals surface area contributed by atoms with Crippen LogP contribution < -0.4 is 9.80 Å². The van der Waals surface area contributed by atoms with Crippen molar-refractivity contribution in [3.63, 3.8) is 0 Å². The summed E-state index contributed by atoms with van der Waals surface area (Å²) >= 11 is 0. The molecular weight excluding hydrogens is 438 g/mol. The van der Waals surface area contributed by atoms with Gasteiger partial charge in [0.05, 0.1) is 29.3 Å². The Labute approximate surface area is 178 Å². The molecule has 4 rings (SSSR count). The second kappa shape index (κ2) is 7.69. The number of alkyl halides is 6. The maximum absolute atomic E-state index is 13.5. The van der Waals surface area contributed by atoms with Crippen LogP contribution in [-0.4, -0.2) is 23.1 Å². The minimum absolute atomic E-state index is 0.0126. The molecule has 1 aliphatic heterocycles. The van der Waals surface area contributed by atoms with Crippen molar-refractivity contribution in [3.05, 3.63) is 53.3 Å². The van der Waals surface area contributed by atoms with E-state index in [-0.39, 0.29) is 11.4 Å². The summed E-state index contributed by atoms with van der Waals surface area (Å²) in [6, 6.07) is 4.84. The van der Waals surface area contributed by atoms with E-state index in [0.29, 0.717) is 12.8 Å². The summed E-state index contributed by atoms with van der Waals surface area (Å²) in [5.74, 6) is 0. The van der Waals surface area contributed by atoms with Crippen molar-refractivity contribution in [3.8, 4) is 6.07 Å². The normalized spacial score (nSPS) is 21.5. The number of anilines is 2. The highest BCUT2D eigenvalue weighted by Gasteiger charge is 2.49. The predicted octanol–water partition coefficient (Wildman–Crippen LogP) is 5.75. The molecule has 168 valence electrons. The van der Waals surface area contributed by atoms with Gasteiger partial charge in [-0.1, -0.05) is 12.8 Å². The van der Waals surface area contributed by atoms with Crippen molar-refractivity contribution in [1.82, 2.24) is 4.98 Å². The number of nitrogens with zero attached hydrogens (tertiary/aromatic N) is 4. The number of hydrogen-bond donors (Lipinski definition) is 0. The quantitative estimate of drug-likeness (QED) is 0.543. The number of carbonyl (C=O) groups is 1. The lowest BCUT2D eigenvalue weighted by Gasteiger charge is -2.32. The molecule has 2 aromatic rings. The maximum atomic E-state index is 13.5. The van der Waals surface area contributed by atoms with E-state index < -0.39 is 47.3 Å². The Morgan fingerprint density at radius 3 is 2.03 bits per heavy atom. The van der Waals surface area contributed by atoms with E-state index in [9.17, 15) is 31.1 Å². The molecule has 1 aromatic carbocycles. The largest absolute Gasteiger partial charge is 0.433 e. The Morgan fingerprint density at radius 2 is 1.50 bits per heavy atom. The van der Waals surface area contributed by atoms with Gasteiger partial charge in [0.25, 0.3) is 0 Å². The second-order valence-electron chi connectivity index (χ2n) is 7.68. The van der Waals surface area contributed by atoms with Gasteiger partial charge in [-0.2, -0.15) is 31.6 Å².